The molecule has 0 aliphatic carbocycles. The van der Waals surface area contributed by atoms with Crippen LogP contribution in [0.3, 0.4) is 0 Å². The van der Waals surface area contributed by atoms with Gasteiger partial charge in [0.25, 0.3) is 5.56 Å². The van der Waals surface area contributed by atoms with Gasteiger partial charge in [-0.1, -0.05) is 13.8 Å². The number of nitrogens with zero attached hydrogens (tertiary/aromatic N) is 2. The minimum absolute atomic E-state index is 0.0128. The Bertz CT molecular complexity index is 662. The van der Waals surface area contributed by atoms with Gasteiger partial charge in [0.2, 0.25) is 5.82 Å². The molecule has 0 saturated carbocycles. The van der Waals surface area contributed by atoms with Gasteiger partial charge in [-0.15, -0.1) is 0 Å². The zero-order valence-corrected chi connectivity index (χ0v) is 12.6. The van der Waals surface area contributed by atoms with Crippen molar-refractivity contribution in [2.75, 3.05) is 13.2 Å². The summed E-state index contributed by atoms with van der Waals surface area (Å²) >= 11 is 0. The van der Waals surface area contributed by atoms with E-state index in [2.05, 4.69) is 0 Å². The van der Waals surface area contributed by atoms with Crippen LogP contribution >= 0.6 is 0 Å². The number of rotatable bonds is 5. The Hall–Kier alpha value is -1.62. The molecule has 4 atom stereocenters. The zero-order valence-electron chi connectivity index (χ0n) is 12.6. The van der Waals surface area contributed by atoms with E-state index < -0.39 is 48.2 Å². The van der Waals surface area contributed by atoms with Crippen molar-refractivity contribution in [1.82, 2.24) is 14.6 Å². The second kappa shape index (κ2) is 6.87. The highest BCUT2D eigenvalue weighted by Crippen LogP contribution is 2.33. The number of aromatic nitrogens is 2. The molecule has 0 unspecified atom stereocenters. The van der Waals surface area contributed by atoms with E-state index >= 15 is 0 Å². The molecular weight excluding hydrogens is 316 g/mol. The number of aromatic amines is 1. The van der Waals surface area contributed by atoms with Crippen LogP contribution in [-0.2, 0) is 4.74 Å². The lowest BCUT2D eigenvalue weighted by Crippen LogP contribution is -2.47. The molecule has 2 rings (SSSR count). The van der Waals surface area contributed by atoms with Gasteiger partial charge < -0.3 is 15.1 Å². The first-order valence-corrected chi connectivity index (χ1v) is 7.13. The molecule has 1 saturated heterocycles. The number of nitrogens with one attached hydrogen (secondary N) is 1. The molecule has 10 heteroatoms. The monoisotopic (exact) mass is 335 g/mol. The fourth-order valence-corrected chi connectivity index (χ4v) is 2.58. The molecule has 0 amide bonds. The first-order valence-electron chi connectivity index (χ1n) is 7.13. The fourth-order valence-electron chi connectivity index (χ4n) is 2.58. The average Bonchev–Trinajstić information content (AvgIpc) is 2.79. The lowest BCUT2D eigenvalue weighted by atomic mass is 10.1. The highest BCUT2D eigenvalue weighted by molar-refractivity contribution is 4.97. The maximum absolute atomic E-state index is 14.7. The SMILES string of the molecule is CC(C)CN(O)[C@H]1[C@@H](F)[C@H](n2cc(F)c(=O)[nH]c2=O)O[C@@H]1CO. The van der Waals surface area contributed by atoms with Crippen LogP contribution in [0.2, 0.25) is 0 Å². The molecule has 3 N–H and O–H groups in total. The van der Waals surface area contributed by atoms with Gasteiger partial charge in [-0.3, -0.25) is 14.3 Å². The van der Waals surface area contributed by atoms with Crippen LogP contribution < -0.4 is 11.2 Å². The Morgan fingerprint density at radius 3 is 2.70 bits per heavy atom. The maximum atomic E-state index is 14.7. The van der Waals surface area contributed by atoms with Crippen LogP contribution in [0.1, 0.15) is 20.1 Å². The molecule has 1 fully saturated rings. The van der Waals surface area contributed by atoms with Crippen molar-refractivity contribution in [3.05, 3.63) is 32.9 Å². The molecule has 0 aromatic carbocycles. The van der Waals surface area contributed by atoms with Crippen molar-refractivity contribution in [3.63, 3.8) is 0 Å². The van der Waals surface area contributed by atoms with E-state index in [-0.39, 0.29) is 12.5 Å². The predicted octanol–water partition coefficient (Wildman–Crippen LogP) is -0.381. The quantitative estimate of drug-likeness (QED) is 0.633. The van der Waals surface area contributed by atoms with Crippen LogP contribution in [0, 0.1) is 11.7 Å². The maximum Gasteiger partial charge on any atom is 0.330 e. The van der Waals surface area contributed by atoms with E-state index in [9.17, 15) is 28.7 Å². The number of hydrogen-bond acceptors (Lipinski definition) is 6. The molecule has 1 aliphatic heterocycles. The van der Waals surface area contributed by atoms with Gasteiger partial charge in [-0.05, 0) is 5.92 Å². The van der Waals surface area contributed by atoms with Crippen molar-refractivity contribution in [2.45, 2.75) is 38.4 Å². The van der Waals surface area contributed by atoms with E-state index in [0.29, 0.717) is 15.8 Å². The number of ether oxygens (including phenoxy) is 1. The number of hydrogen-bond donors (Lipinski definition) is 3. The predicted molar refractivity (Wildman–Crippen MR) is 74.3 cm³/mol. The third-order valence-corrected chi connectivity index (χ3v) is 3.57. The van der Waals surface area contributed by atoms with Gasteiger partial charge in [0.05, 0.1) is 18.8 Å². The molecule has 2 heterocycles. The second-order valence-corrected chi connectivity index (χ2v) is 5.84. The van der Waals surface area contributed by atoms with Gasteiger partial charge in [0, 0.05) is 6.54 Å². The van der Waals surface area contributed by atoms with Crippen LogP contribution in [0.4, 0.5) is 8.78 Å². The molecule has 23 heavy (non-hydrogen) atoms. The first-order chi connectivity index (χ1) is 10.8. The molecule has 130 valence electrons. The van der Waals surface area contributed by atoms with Crippen molar-refractivity contribution in [3.8, 4) is 0 Å². The Morgan fingerprint density at radius 1 is 1.48 bits per heavy atom. The van der Waals surface area contributed by atoms with Crippen molar-refractivity contribution >= 4 is 0 Å². The minimum atomic E-state index is -1.92. The van der Waals surface area contributed by atoms with Crippen LogP contribution in [-0.4, -0.2) is 56.4 Å². The lowest BCUT2D eigenvalue weighted by Gasteiger charge is -2.27. The van der Waals surface area contributed by atoms with Crippen LogP contribution in [0.25, 0.3) is 0 Å². The topological polar surface area (TPSA) is 108 Å². The smallest absolute Gasteiger partial charge is 0.330 e. The highest BCUT2D eigenvalue weighted by atomic mass is 19.1. The molecule has 1 aliphatic rings. The molecule has 8 nitrogen and oxygen atoms in total. The van der Waals surface area contributed by atoms with E-state index in [0.717, 1.165) is 0 Å². The number of alkyl halides is 1. The summed E-state index contributed by atoms with van der Waals surface area (Å²) in [6, 6.07) is -1.23. The summed E-state index contributed by atoms with van der Waals surface area (Å²) in [4.78, 5) is 24.5. The van der Waals surface area contributed by atoms with Crippen LogP contribution in [0.5, 0.6) is 0 Å². The number of H-pyrrole nitrogens is 1. The lowest BCUT2D eigenvalue weighted by molar-refractivity contribution is -0.160. The van der Waals surface area contributed by atoms with Crippen LogP contribution in [0.15, 0.2) is 15.8 Å². The molecule has 0 radical (unpaired) electrons. The summed E-state index contributed by atoms with van der Waals surface area (Å²) in [5.41, 5.74) is -2.27. The summed E-state index contributed by atoms with van der Waals surface area (Å²) in [5.74, 6) is -1.26. The van der Waals surface area contributed by atoms with E-state index in [1.165, 1.54) is 0 Å². The van der Waals surface area contributed by atoms with Gasteiger partial charge in [-0.2, -0.15) is 9.45 Å². The van der Waals surface area contributed by atoms with E-state index in [1.807, 2.05) is 0 Å². The van der Waals surface area contributed by atoms with Gasteiger partial charge in [-0.25, -0.2) is 9.18 Å². The summed E-state index contributed by atoms with van der Waals surface area (Å²) in [6.07, 6.45) is -4.06. The van der Waals surface area contributed by atoms with Gasteiger partial charge in [0.15, 0.2) is 12.4 Å². The van der Waals surface area contributed by atoms with Crippen molar-refractivity contribution in [2.24, 2.45) is 5.92 Å². The number of aliphatic hydroxyl groups excluding tert-OH is 1. The zero-order chi connectivity index (χ0) is 17.3. The molecule has 0 spiro atoms. The number of halogens is 2. The van der Waals surface area contributed by atoms with Crippen molar-refractivity contribution < 1.29 is 23.8 Å². The molecule has 0 bridgehead atoms. The summed E-state index contributed by atoms with van der Waals surface area (Å²) in [5, 5.41) is 20.0. The molecule has 1 aromatic heterocycles. The highest BCUT2D eigenvalue weighted by Gasteiger charge is 2.49. The standard InChI is InChI=1S/C13H19F2N3O5/c1-6(2)3-18(22)10-8(5-19)23-12(9(10)15)17-4-7(14)11(20)16-13(17)21/h4,6,8-10,12,19,22H,3,5H2,1-2H3,(H,16,20,21)/t8-,9-,10-,12-/m1/s1. The third kappa shape index (κ3) is 3.50. The second-order valence-electron chi connectivity index (χ2n) is 5.84. The van der Waals surface area contributed by atoms with Gasteiger partial charge in [0.1, 0.15) is 6.10 Å². The van der Waals surface area contributed by atoms with Crippen molar-refractivity contribution in [1.29, 1.82) is 0 Å². The molecular formula is C13H19F2N3O5. The largest absolute Gasteiger partial charge is 0.394 e. The third-order valence-electron chi connectivity index (χ3n) is 3.57. The van der Waals surface area contributed by atoms with Gasteiger partial charge >= 0.3 is 5.69 Å². The molecule has 1 aromatic rings. The van der Waals surface area contributed by atoms with E-state index in [1.54, 1.807) is 18.8 Å². The van der Waals surface area contributed by atoms with E-state index in [4.69, 9.17) is 4.74 Å². The average molecular weight is 335 g/mol. The Kier molecular flexibility index (Phi) is 5.30. The Morgan fingerprint density at radius 2 is 2.13 bits per heavy atom. The summed E-state index contributed by atoms with van der Waals surface area (Å²) in [6.45, 7) is 3.13. The number of hydroxylamine groups is 2. The summed E-state index contributed by atoms with van der Waals surface area (Å²) in [7, 11) is 0. The number of aliphatic hydroxyl groups is 1. The normalized spacial score (nSPS) is 28.0. The Balaban J connectivity index is 2.34. The minimum Gasteiger partial charge on any atom is -0.394 e. The fraction of sp³-hybridized carbons (Fsp3) is 0.692. The summed E-state index contributed by atoms with van der Waals surface area (Å²) < 4.78 is 33.8. The Labute approximate surface area is 129 Å². The first kappa shape index (κ1) is 17.7.